The van der Waals surface area contributed by atoms with Crippen LogP contribution in [-0.2, 0) is 11.2 Å². The first-order chi connectivity index (χ1) is 11.8. The topological polar surface area (TPSA) is 27.7 Å². The second-order valence-corrected chi connectivity index (χ2v) is 5.99. The lowest BCUT2D eigenvalue weighted by atomic mass is 9.85. The van der Waals surface area contributed by atoms with Crippen LogP contribution in [-0.4, -0.2) is 20.3 Å². The van der Waals surface area contributed by atoms with E-state index in [4.69, 9.17) is 14.2 Å². The summed E-state index contributed by atoms with van der Waals surface area (Å²) in [5.41, 5.74) is 5.86. The number of methoxy groups -OCH3 is 1. The fourth-order valence-corrected chi connectivity index (χ4v) is 3.36. The Labute approximate surface area is 142 Å². The molecule has 4 rings (SSSR count). The van der Waals surface area contributed by atoms with Crippen molar-refractivity contribution in [2.75, 3.05) is 20.3 Å². The van der Waals surface area contributed by atoms with Gasteiger partial charge in [0.25, 0.3) is 0 Å². The Morgan fingerprint density at radius 2 is 1.96 bits per heavy atom. The summed E-state index contributed by atoms with van der Waals surface area (Å²) < 4.78 is 16.9. The molecule has 1 aliphatic carbocycles. The molecule has 0 radical (unpaired) electrons. The Morgan fingerprint density at radius 1 is 1.08 bits per heavy atom. The van der Waals surface area contributed by atoms with Gasteiger partial charge in [-0.1, -0.05) is 36.9 Å². The second-order valence-electron chi connectivity index (χ2n) is 5.99. The predicted molar refractivity (Wildman–Crippen MR) is 95.3 cm³/mol. The maximum Gasteiger partial charge on any atom is 0.169 e. The summed E-state index contributed by atoms with van der Waals surface area (Å²) in [7, 11) is 1.65. The van der Waals surface area contributed by atoms with E-state index in [1.807, 2.05) is 12.1 Å². The number of para-hydroxylation sites is 1. The van der Waals surface area contributed by atoms with Gasteiger partial charge >= 0.3 is 0 Å². The first-order valence-electron chi connectivity index (χ1n) is 8.23. The summed E-state index contributed by atoms with van der Waals surface area (Å²) in [4.78, 5) is 0. The molecule has 2 aliphatic rings. The number of benzene rings is 2. The number of ether oxygens (including phenoxy) is 3. The lowest BCUT2D eigenvalue weighted by Gasteiger charge is -2.25. The molecule has 0 amide bonds. The Hall–Kier alpha value is -2.68. The highest BCUT2D eigenvalue weighted by atomic mass is 16.6. The molecule has 0 unspecified atom stereocenters. The molecule has 0 atom stereocenters. The van der Waals surface area contributed by atoms with Crippen molar-refractivity contribution in [2.24, 2.45) is 0 Å². The SMILES string of the molecule is C=C(OC)c1ccc2c(c1)C(c1cccc3c1OCCO3)=CCC2. The van der Waals surface area contributed by atoms with Crippen LogP contribution in [0, 0.1) is 0 Å². The molecule has 0 aromatic heterocycles. The van der Waals surface area contributed by atoms with Gasteiger partial charge in [-0.15, -0.1) is 0 Å². The average Bonchev–Trinajstić information content (AvgIpc) is 2.66. The monoisotopic (exact) mass is 320 g/mol. The molecule has 1 heterocycles. The van der Waals surface area contributed by atoms with Gasteiger partial charge < -0.3 is 14.2 Å². The fraction of sp³-hybridized carbons (Fsp3) is 0.238. The van der Waals surface area contributed by atoms with Crippen LogP contribution in [0.3, 0.4) is 0 Å². The minimum Gasteiger partial charge on any atom is -0.497 e. The molecule has 0 bridgehead atoms. The molecule has 2 aromatic carbocycles. The predicted octanol–water partition coefficient (Wildman–Crippen LogP) is 4.45. The largest absolute Gasteiger partial charge is 0.497 e. The summed E-state index contributed by atoms with van der Waals surface area (Å²) >= 11 is 0. The molecular weight excluding hydrogens is 300 g/mol. The molecule has 0 saturated heterocycles. The second kappa shape index (κ2) is 6.08. The Balaban J connectivity index is 1.84. The zero-order valence-corrected chi connectivity index (χ0v) is 13.8. The highest BCUT2D eigenvalue weighted by molar-refractivity contribution is 5.87. The molecule has 24 heavy (non-hydrogen) atoms. The van der Waals surface area contributed by atoms with E-state index in [-0.39, 0.29) is 0 Å². The molecule has 1 aliphatic heterocycles. The van der Waals surface area contributed by atoms with E-state index in [0.717, 1.165) is 35.5 Å². The molecule has 3 heteroatoms. The summed E-state index contributed by atoms with van der Waals surface area (Å²) in [6.07, 6.45) is 4.36. The summed E-state index contributed by atoms with van der Waals surface area (Å²) in [6.45, 7) is 5.16. The minimum atomic E-state index is 0.588. The maximum atomic E-state index is 5.91. The van der Waals surface area contributed by atoms with Gasteiger partial charge in [-0.25, -0.2) is 0 Å². The van der Waals surface area contributed by atoms with Crippen LogP contribution in [0.2, 0.25) is 0 Å². The van der Waals surface area contributed by atoms with Crippen LogP contribution in [0.4, 0.5) is 0 Å². The van der Waals surface area contributed by atoms with Gasteiger partial charge in [0.05, 0.1) is 7.11 Å². The Kier molecular flexibility index (Phi) is 3.77. The van der Waals surface area contributed by atoms with Crippen molar-refractivity contribution in [3.63, 3.8) is 0 Å². The van der Waals surface area contributed by atoms with E-state index in [9.17, 15) is 0 Å². The van der Waals surface area contributed by atoms with E-state index >= 15 is 0 Å². The molecule has 2 aromatic rings. The number of fused-ring (bicyclic) bond motifs is 2. The van der Waals surface area contributed by atoms with Crippen molar-refractivity contribution in [2.45, 2.75) is 12.8 Å². The van der Waals surface area contributed by atoms with E-state index < -0.39 is 0 Å². The van der Waals surface area contributed by atoms with E-state index in [2.05, 4.69) is 36.9 Å². The van der Waals surface area contributed by atoms with Gasteiger partial charge in [-0.2, -0.15) is 0 Å². The van der Waals surface area contributed by atoms with Crippen LogP contribution >= 0.6 is 0 Å². The molecule has 122 valence electrons. The Bertz CT molecular complexity index is 833. The molecule has 3 nitrogen and oxygen atoms in total. The summed E-state index contributed by atoms with van der Waals surface area (Å²) in [6, 6.07) is 12.5. The molecule has 0 fully saturated rings. The van der Waals surface area contributed by atoms with Gasteiger partial charge in [-0.3, -0.25) is 0 Å². The van der Waals surface area contributed by atoms with Gasteiger partial charge in [0, 0.05) is 11.1 Å². The van der Waals surface area contributed by atoms with E-state index in [0.29, 0.717) is 19.0 Å². The number of hydrogen-bond acceptors (Lipinski definition) is 3. The van der Waals surface area contributed by atoms with Gasteiger partial charge in [0.2, 0.25) is 0 Å². The number of rotatable bonds is 3. The number of aryl methyl sites for hydroxylation is 1. The molecular formula is C21H20O3. The molecule has 0 saturated carbocycles. The van der Waals surface area contributed by atoms with Crippen LogP contribution in [0.25, 0.3) is 11.3 Å². The zero-order chi connectivity index (χ0) is 16.5. The van der Waals surface area contributed by atoms with Crippen molar-refractivity contribution in [3.05, 3.63) is 71.3 Å². The van der Waals surface area contributed by atoms with Crippen LogP contribution in [0.1, 0.15) is 28.7 Å². The first kappa shape index (κ1) is 14.9. The lowest BCUT2D eigenvalue weighted by molar-refractivity contribution is 0.171. The molecule has 0 N–H and O–H groups in total. The zero-order valence-electron chi connectivity index (χ0n) is 13.8. The van der Waals surface area contributed by atoms with E-state index in [1.54, 1.807) is 7.11 Å². The lowest BCUT2D eigenvalue weighted by Crippen LogP contribution is -2.16. The number of hydrogen-bond donors (Lipinski definition) is 0. The van der Waals surface area contributed by atoms with Crippen LogP contribution < -0.4 is 9.47 Å². The normalized spacial score (nSPS) is 15.3. The first-order valence-corrected chi connectivity index (χ1v) is 8.23. The highest BCUT2D eigenvalue weighted by Gasteiger charge is 2.22. The molecule has 0 spiro atoms. The van der Waals surface area contributed by atoms with Crippen molar-refractivity contribution in [3.8, 4) is 11.5 Å². The average molecular weight is 320 g/mol. The number of allylic oxidation sites excluding steroid dienone is 1. The fourth-order valence-electron chi connectivity index (χ4n) is 3.36. The minimum absolute atomic E-state index is 0.588. The quantitative estimate of drug-likeness (QED) is 0.782. The standard InChI is InChI=1S/C21H20O3/c1-14(22-2)16-10-9-15-5-3-6-17(19(15)13-16)18-7-4-8-20-21(18)24-12-11-23-20/h4,6-10,13H,1,3,5,11-12H2,2H3. The highest BCUT2D eigenvalue weighted by Crippen LogP contribution is 2.42. The van der Waals surface area contributed by atoms with Gasteiger partial charge in [0.15, 0.2) is 11.5 Å². The third-order valence-corrected chi connectivity index (χ3v) is 4.59. The van der Waals surface area contributed by atoms with Crippen molar-refractivity contribution < 1.29 is 14.2 Å². The Morgan fingerprint density at radius 3 is 2.83 bits per heavy atom. The summed E-state index contributed by atoms with van der Waals surface area (Å²) in [5, 5.41) is 0. The van der Waals surface area contributed by atoms with Gasteiger partial charge in [-0.05, 0) is 41.7 Å². The third kappa shape index (κ3) is 2.46. The van der Waals surface area contributed by atoms with Crippen LogP contribution in [0.5, 0.6) is 11.5 Å². The van der Waals surface area contributed by atoms with Gasteiger partial charge in [0.1, 0.15) is 19.0 Å². The van der Waals surface area contributed by atoms with Crippen molar-refractivity contribution >= 4 is 11.3 Å². The summed E-state index contributed by atoms with van der Waals surface area (Å²) in [5.74, 6) is 2.35. The van der Waals surface area contributed by atoms with Crippen molar-refractivity contribution in [1.82, 2.24) is 0 Å². The maximum absolute atomic E-state index is 5.91. The third-order valence-electron chi connectivity index (χ3n) is 4.59. The van der Waals surface area contributed by atoms with Crippen LogP contribution in [0.15, 0.2) is 49.1 Å². The van der Waals surface area contributed by atoms with E-state index in [1.165, 1.54) is 16.7 Å². The van der Waals surface area contributed by atoms with Crippen molar-refractivity contribution in [1.29, 1.82) is 0 Å². The smallest absolute Gasteiger partial charge is 0.169 e.